The van der Waals surface area contributed by atoms with Gasteiger partial charge in [-0.05, 0) is 5.53 Å². The van der Waals surface area contributed by atoms with Crippen molar-refractivity contribution in [3.05, 3.63) is 43.0 Å². The molecule has 4 atom stereocenters. The van der Waals surface area contributed by atoms with Gasteiger partial charge in [-0.15, -0.1) is 0 Å². The lowest BCUT2D eigenvalue weighted by Crippen LogP contribution is -2.38. The molecule has 1 aromatic heterocycles. The van der Waals surface area contributed by atoms with Gasteiger partial charge in [-0.1, -0.05) is 5.11 Å². The molecule has 11 nitrogen and oxygen atoms in total. The number of nitrogens with zero attached hydrogens (tertiary/aromatic N) is 4. The van der Waals surface area contributed by atoms with Gasteiger partial charge in [-0.2, -0.15) is 0 Å². The number of aliphatic hydroxyl groups excluding tert-OH is 3. The molecule has 21 heavy (non-hydrogen) atoms. The van der Waals surface area contributed by atoms with Gasteiger partial charge in [0, 0.05) is 16.7 Å². The molecule has 114 valence electrons. The lowest BCUT2D eigenvalue weighted by atomic mass is 10.1. The highest BCUT2D eigenvalue weighted by molar-refractivity contribution is 5.06. The van der Waals surface area contributed by atoms with Crippen LogP contribution in [0.2, 0.25) is 0 Å². The van der Waals surface area contributed by atoms with Crippen molar-refractivity contribution in [1.82, 2.24) is 9.55 Å². The molecule has 0 bridgehead atoms. The summed E-state index contributed by atoms with van der Waals surface area (Å²) in [4.78, 5) is 27.8. The Kier molecular flexibility index (Phi) is 4.40. The smallest absolute Gasteiger partial charge is 0.330 e. The summed E-state index contributed by atoms with van der Waals surface area (Å²) in [6, 6.07) is 0. The number of aromatic amines is 1. The van der Waals surface area contributed by atoms with Crippen molar-refractivity contribution < 1.29 is 20.1 Å². The second-order valence-electron chi connectivity index (χ2n) is 4.44. The highest BCUT2D eigenvalue weighted by Crippen LogP contribution is 2.27. The van der Waals surface area contributed by atoms with Crippen LogP contribution in [0.15, 0.2) is 20.9 Å². The summed E-state index contributed by atoms with van der Waals surface area (Å²) >= 11 is 0. The number of hydrogen-bond acceptors (Lipinski definition) is 7. The van der Waals surface area contributed by atoms with Crippen molar-refractivity contribution in [1.29, 1.82) is 0 Å². The van der Waals surface area contributed by atoms with Crippen molar-refractivity contribution in [2.45, 2.75) is 31.1 Å². The molecule has 1 aliphatic heterocycles. The van der Waals surface area contributed by atoms with Crippen LogP contribution in [0, 0.1) is 0 Å². The minimum atomic E-state index is -1.46. The molecule has 0 aromatic carbocycles. The van der Waals surface area contributed by atoms with E-state index < -0.39 is 42.4 Å². The van der Waals surface area contributed by atoms with Gasteiger partial charge in [-0.25, -0.2) is 4.79 Å². The quantitative estimate of drug-likeness (QED) is 0.283. The lowest BCUT2D eigenvalue weighted by Gasteiger charge is -2.17. The van der Waals surface area contributed by atoms with Crippen molar-refractivity contribution in [2.24, 2.45) is 5.11 Å². The number of aliphatic hydroxyl groups is 3. The van der Waals surface area contributed by atoms with E-state index in [-0.39, 0.29) is 12.1 Å². The van der Waals surface area contributed by atoms with Crippen molar-refractivity contribution in [3.63, 3.8) is 0 Å². The topological polar surface area (TPSA) is 174 Å². The third-order valence-corrected chi connectivity index (χ3v) is 3.14. The van der Waals surface area contributed by atoms with E-state index in [9.17, 15) is 19.8 Å². The SMILES string of the molecule is [N-]=[N+]=NCc1cn([C@@H]2O[C@H](CO)C(O)[C@@H]2O)c(=O)[nH]c1=O. The van der Waals surface area contributed by atoms with Crippen molar-refractivity contribution in [2.75, 3.05) is 6.61 Å². The van der Waals surface area contributed by atoms with Crippen LogP contribution in [0.4, 0.5) is 0 Å². The molecule has 1 aromatic rings. The van der Waals surface area contributed by atoms with Crippen LogP contribution in [-0.4, -0.2) is 49.8 Å². The van der Waals surface area contributed by atoms with Crippen LogP contribution in [0.25, 0.3) is 10.4 Å². The molecule has 0 spiro atoms. The normalized spacial score (nSPS) is 28.3. The number of rotatable bonds is 4. The molecule has 4 N–H and O–H groups in total. The first-order valence-electron chi connectivity index (χ1n) is 5.97. The molecular weight excluding hydrogens is 286 g/mol. The molecule has 0 aliphatic carbocycles. The zero-order chi connectivity index (χ0) is 15.6. The Bertz CT molecular complexity index is 677. The van der Waals surface area contributed by atoms with Gasteiger partial charge < -0.3 is 20.1 Å². The monoisotopic (exact) mass is 299 g/mol. The van der Waals surface area contributed by atoms with Crippen LogP contribution in [0.1, 0.15) is 11.8 Å². The molecule has 1 saturated heterocycles. The van der Waals surface area contributed by atoms with E-state index in [1.165, 1.54) is 0 Å². The van der Waals surface area contributed by atoms with Crippen LogP contribution >= 0.6 is 0 Å². The molecule has 2 heterocycles. The number of aromatic nitrogens is 2. The van der Waals surface area contributed by atoms with Gasteiger partial charge in [0.1, 0.15) is 18.3 Å². The van der Waals surface area contributed by atoms with E-state index in [1.807, 2.05) is 4.98 Å². The summed E-state index contributed by atoms with van der Waals surface area (Å²) in [6.07, 6.45) is -4.08. The summed E-state index contributed by atoms with van der Waals surface area (Å²) in [5, 5.41) is 31.7. The fraction of sp³-hybridized carbons (Fsp3) is 0.600. The van der Waals surface area contributed by atoms with Gasteiger partial charge in [0.25, 0.3) is 5.56 Å². The summed E-state index contributed by atoms with van der Waals surface area (Å²) in [5.41, 5.74) is 6.65. The third kappa shape index (κ3) is 2.82. The van der Waals surface area contributed by atoms with Gasteiger partial charge in [0.05, 0.1) is 13.2 Å². The van der Waals surface area contributed by atoms with Gasteiger partial charge in [-0.3, -0.25) is 14.3 Å². The van der Waals surface area contributed by atoms with Gasteiger partial charge in [0.15, 0.2) is 6.23 Å². The van der Waals surface area contributed by atoms with E-state index >= 15 is 0 Å². The largest absolute Gasteiger partial charge is 0.394 e. The van der Waals surface area contributed by atoms with Crippen LogP contribution < -0.4 is 11.2 Å². The third-order valence-electron chi connectivity index (χ3n) is 3.14. The molecule has 0 radical (unpaired) electrons. The number of ether oxygens (including phenoxy) is 1. The van der Waals surface area contributed by atoms with Crippen molar-refractivity contribution in [3.8, 4) is 0 Å². The van der Waals surface area contributed by atoms with Gasteiger partial charge in [0.2, 0.25) is 0 Å². The van der Waals surface area contributed by atoms with Crippen LogP contribution in [0.3, 0.4) is 0 Å². The molecule has 1 unspecified atom stereocenters. The standard InChI is InChI=1S/C10H13N5O6/c11-14-12-1-4-2-15(10(20)13-8(4)19)9-7(18)6(17)5(3-16)21-9/h2,5-7,9,16-18H,1,3H2,(H,13,19,20)/t5-,6?,7+,9-/m1/s1. The van der Waals surface area contributed by atoms with E-state index in [0.29, 0.717) is 0 Å². The van der Waals surface area contributed by atoms with Crippen molar-refractivity contribution >= 4 is 0 Å². The predicted octanol–water partition coefficient (Wildman–Crippen LogP) is -2.04. The van der Waals surface area contributed by atoms with Crippen LogP contribution in [-0.2, 0) is 11.3 Å². The first-order chi connectivity index (χ1) is 9.99. The Morgan fingerprint density at radius 1 is 1.43 bits per heavy atom. The maximum atomic E-state index is 11.8. The number of hydrogen-bond donors (Lipinski definition) is 4. The summed E-state index contributed by atoms with van der Waals surface area (Å²) in [7, 11) is 0. The molecule has 1 aliphatic rings. The molecule has 11 heteroatoms. The first-order valence-corrected chi connectivity index (χ1v) is 5.97. The summed E-state index contributed by atoms with van der Waals surface area (Å²) in [6.45, 7) is -0.834. The summed E-state index contributed by atoms with van der Waals surface area (Å²) in [5.74, 6) is 0. The molecule has 0 amide bonds. The molecule has 0 saturated carbocycles. The molecular formula is C10H13N5O6. The van der Waals surface area contributed by atoms with E-state index in [2.05, 4.69) is 10.0 Å². The zero-order valence-electron chi connectivity index (χ0n) is 10.7. The van der Waals surface area contributed by atoms with E-state index in [0.717, 1.165) is 10.8 Å². The highest BCUT2D eigenvalue weighted by atomic mass is 16.6. The maximum Gasteiger partial charge on any atom is 0.330 e. The summed E-state index contributed by atoms with van der Waals surface area (Å²) < 4.78 is 6.06. The minimum absolute atomic E-state index is 0.00913. The fourth-order valence-electron chi connectivity index (χ4n) is 2.05. The maximum absolute atomic E-state index is 11.8. The van der Waals surface area contributed by atoms with E-state index in [4.69, 9.17) is 15.4 Å². The Balaban J connectivity index is 2.42. The molecule has 2 rings (SSSR count). The van der Waals surface area contributed by atoms with E-state index in [1.54, 1.807) is 0 Å². The number of azide groups is 1. The first kappa shape index (κ1) is 15.2. The van der Waals surface area contributed by atoms with Crippen LogP contribution in [0.5, 0.6) is 0 Å². The average Bonchev–Trinajstić information content (AvgIpc) is 2.74. The second kappa shape index (κ2) is 6.08. The second-order valence-corrected chi connectivity index (χ2v) is 4.44. The average molecular weight is 299 g/mol. The minimum Gasteiger partial charge on any atom is -0.394 e. The molecule has 1 fully saturated rings. The number of H-pyrrole nitrogens is 1. The Morgan fingerprint density at radius 2 is 2.14 bits per heavy atom. The Labute approximate surface area is 116 Å². The Hall–Kier alpha value is -2.17. The van der Waals surface area contributed by atoms with Gasteiger partial charge >= 0.3 is 5.69 Å². The zero-order valence-corrected chi connectivity index (χ0v) is 10.7. The Morgan fingerprint density at radius 3 is 2.71 bits per heavy atom. The highest BCUT2D eigenvalue weighted by Gasteiger charge is 2.43. The lowest BCUT2D eigenvalue weighted by molar-refractivity contribution is -0.0551. The number of nitrogens with one attached hydrogen (secondary N) is 1. The predicted molar refractivity (Wildman–Crippen MR) is 67.2 cm³/mol. The fourth-order valence-corrected chi connectivity index (χ4v) is 2.05.